The molecular formula is C13H19N3. The lowest BCUT2D eigenvalue weighted by Gasteiger charge is -2.48. The van der Waals surface area contributed by atoms with Crippen molar-refractivity contribution in [3.63, 3.8) is 0 Å². The van der Waals surface area contributed by atoms with Crippen LogP contribution in [0.4, 0.5) is 5.82 Å². The van der Waals surface area contributed by atoms with Gasteiger partial charge in [-0.15, -0.1) is 0 Å². The lowest BCUT2D eigenvalue weighted by molar-refractivity contribution is 0.225. The van der Waals surface area contributed by atoms with E-state index < -0.39 is 0 Å². The highest BCUT2D eigenvalue weighted by Crippen LogP contribution is 2.25. The van der Waals surface area contributed by atoms with Crippen molar-refractivity contribution in [3.05, 3.63) is 23.9 Å². The minimum atomic E-state index is 0.568. The van der Waals surface area contributed by atoms with Crippen molar-refractivity contribution in [1.82, 2.24) is 10.3 Å². The molecule has 3 saturated heterocycles. The Morgan fingerprint density at radius 1 is 1.31 bits per heavy atom. The molecule has 4 heterocycles. The van der Waals surface area contributed by atoms with Gasteiger partial charge in [0.15, 0.2) is 0 Å². The molecule has 1 N–H and O–H groups in total. The Morgan fingerprint density at radius 3 is 2.50 bits per heavy atom. The first-order valence-electron chi connectivity index (χ1n) is 6.19. The summed E-state index contributed by atoms with van der Waals surface area (Å²) in [5.74, 6) is 1.71. The third-order valence-corrected chi connectivity index (χ3v) is 3.68. The molecule has 0 spiro atoms. The van der Waals surface area contributed by atoms with Gasteiger partial charge < -0.3 is 10.2 Å². The second kappa shape index (κ2) is 3.74. The number of nitrogens with one attached hydrogen (secondary N) is 1. The maximum atomic E-state index is 4.58. The summed E-state index contributed by atoms with van der Waals surface area (Å²) in [4.78, 5) is 6.98. The van der Waals surface area contributed by atoms with Gasteiger partial charge in [0.1, 0.15) is 5.82 Å². The molecule has 3 heteroatoms. The Balaban J connectivity index is 1.74. The SMILES string of the molecule is CC(C)c1ccc(N2CC3CC(C2)N3)nc1. The highest BCUT2D eigenvalue weighted by atomic mass is 15.3. The molecule has 3 aliphatic heterocycles. The van der Waals surface area contributed by atoms with Crippen molar-refractivity contribution in [3.8, 4) is 0 Å². The lowest BCUT2D eigenvalue weighted by Crippen LogP contribution is -2.67. The van der Waals surface area contributed by atoms with E-state index in [4.69, 9.17) is 0 Å². The number of nitrogens with zero attached hydrogens (tertiary/aromatic N) is 2. The zero-order valence-electron chi connectivity index (χ0n) is 9.98. The molecule has 2 bridgehead atoms. The second-order valence-corrected chi connectivity index (χ2v) is 5.31. The molecule has 0 aromatic carbocycles. The number of hydrogen-bond donors (Lipinski definition) is 1. The largest absolute Gasteiger partial charge is 0.353 e. The average Bonchev–Trinajstić information content (AvgIpc) is 2.28. The highest BCUT2D eigenvalue weighted by Gasteiger charge is 2.36. The lowest BCUT2D eigenvalue weighted by atomic mass is 9.91. The van der Waals surface area contributed by atoms with Crippen LogP contribution >= 0.6 is 0 Å². The topological polar surface area (TPSA) is 28.2 Å². The van der Waals surface area contributed by atoms with Gasteiger partial charge in [-0.05, 0) is 24.0 Å². The van der Waals surface area contributed by atoms with E-state index in [2.05, 4.69) is 41.2 Å². The molecule has 3 fully saturated rings. The molecule has 0 aliphatic carbocycles. The van der Waals surface area contributed by atoms with Crippen molar-refractivity contribution in [2.45, 2.75) is 38.3 Å². The van der Waals surface area contributed by atoms with Crippen LogP contribution in [-0.2, 0) is 0 Å². The van der Waals surface area contributed by atoms with Crippen LogP contribution in [0.1, 0.15) is 31.7 Å². The molecule has 86 valence electrons. The minimum absolute atomic E-state index is 0.568. The van der Waals surface area contributed by atoms with E-state index in [-0.39, 0.29) is 0 Å². The number of hydrogen-bond acceptors (Lipinski definition) is 3. The van der Waals surface area contributed by atoms with E-state index in [0.29, 0.717) is 18.0 Å². The Kier molecular flexibility index (Phi) is 2.36. The number of piperidine rings is 1. The summed E-state index contributed by atoms with van der Waals surface area (Å²) < 4.78 is 0. The fraction of sp³-hybridized carbons (Fsp3) is 0.615. The van der Waals surface area contributed by atoms with Crippen LogP contribution in [0.3, 0.4) is 0 Å². The van der Waals surface area contributed by atoms with Gasteiger partial charge in [-0.25, -0.2) is 4.98 Å². The molecule has 3 aliphatic rings. The third kappa shape index (κ3) is 1.69. The maximum Gasteiger partial charge on any atom is 0.128 e. The van der Waals surface area contributed by atoms with Gasteiger partial charge in [0, 0.05) is 31.4 Å². The van der Waals surface area contributed by atoms with Gasteiger partial charge in [0.25, 0.3) is 0 Å². The standard InChI is InChI=1S/C13H19N3/c1-9(2)10-3-4-13(14-6-10)16-7-11-5-12(8-16)15-11/h3-4,6,9,11-12,15H,5,7-8H2,1-2H3. The van der Waals surface area contributed by atoms with Crippen molar-refractivity contribution < 1.29 is 0 Å². The molecule has 16 heavy (non-hydrogen) atoms. The Labute approximate surface area is 96.9 Å². The third-order valence-electron chi connectivity index (χ3n) is 3.68. The molecule has 2 atom stereocenters. The molecule has 0 radical (unpaired) electrons. The predicted molar refractivity (Wildman–Crippen MR) is 65.9 cm³/mol. The smallest absolute Gasteiger partial charge is 0.128 e. The Hall–Kier alpha value is -1.09. The number of fused-ring (bicyclic) bond motifs is 2. The van der Waals surface area contributed by atoms with Crippen LogP contribution in [0, 0.1) is 0 Å². The van der Waals surface area contributed by atoms with Gasteiger partial charge in [0.2, 0.25) is 0 Å². The number of anilines is 1. The Morgan fingerprint density at radius 2 is 2.00 bits per heavy atom. The van der Waals surface area contributed by atoms with Gasteiger partial charge in [0.05, 0.1) is 0 Å². The molecule has 4 rings (SSSR count). The summed E-state index contributed by atoms with van der Waals surface area (Å²) >= 11 is 0. The maximum absolute atomic E-state index is 4.58. The van der Waals surface area contributed by atoms with Crippen LogP contribution in [0.5, 0.6) is 0 Å². The van der Waals surface area contributed by atoms with E-state index in [1.54, 1.807) is 0 Å². The zero-order valence-corrected chi connectivity index (χ0v) is 9.98. The van der Waals surface area contributed by atoms with Crippen molar-refractivity contribution in [2.75, 3.05) is 18.0 Å². The second-order valence-electron chi connectivity index (χ2n) is 5.31. The fourth-order valence-electron chi connectivity index (χ4n) is 2.63. The van der Waals surface area contributed by atoms with E-state index in [1.807, 2.05) is 6.20 Å². The van der Waals surface area contributed by atoms with Gasteiger partial charge >= 0.3 is 0 Å². The molecule has 0 amide bonds. The van der Waals surface area contributed by atoms with Crippen LogP contribution in [0.2, 0.25) is 0 Å². The number of aromatic nitrogens is 1. The van der Waals surface area contributed by atoms with Crippen molar-refractivity contribution in [1.29, 1.82) is 0 Å². The van der Waals surface area contributed by atoms with Crippen LogP contribution < -0.4 is 10.2 Å². The molecule has 0 saturated carbocycles. The monoisotopic (exact) mass is 217 g/mol. The summed E-state index contributed by atoms with van der Waals surface area (Å²) in [6.07, 6.45) is 3.37. The number of rotatable bonds is 2. The molecule has 3 nitrogen and oxygen atoms in total. The minimum Gasteiger partial charge on any atom is -0.353 e. The quantitative estimate of drug-likeness (QED) is 0.818. The van der Waals surface area contributed by atoms with Crippen molar-refractivity contribution >= 4 is 5.82 Å². The van der Waals surface area contributed by atoms with E-state index in [0.717, 1.165) is 18.9 Å². The first kappa shape index (κ1) is 10.1. The van der Waals surface area contributed by atoms with Gasteiger partial charge in [-0.3, -0.25) is 0 Å². The summed E-state index contributed by atoms with van der Waals surface area (Å²) in [5.41, 5.74) is 1.32. The summed E-state index contributed by atoms with van der Waals surface area (Å²) in [6, 6.07) is 5.77. The van der Waals surface area contributed by atoms with Gasteiger partial charge in [-0.2, -0.15) is 0 Å². The number of piperazine rings is 1. The number of pyridine rings is 1. The normalized spacial score (nSPS) is 28.1. The first-order chi connectivity index (χ1) is 7.72. The van der Waals surface area contributed by atoms with E-state index in [9.17, 15) is 0 Å². The van der Waals surface area contributed by atoms with Gasteiger partial charge in [-0.1, -0.05) is 19.9 Å². The molecule has 1 aromatic rings. The fourth-order valence-corrected chi connectivity index (χ4v) is 2.63. The first-order valence-corrected chi connectivity index (χ1v) is 6.19. The summed E-state index contributed by atoms with van der Waals surface area (Å²) in [7, 11) is 0. The molecule has 1 aromatic heterocycles. The summed E-state index contributed by atoms with van der Waals surface area (Å²) in [6.45, 7) is 6.64. The highest BCUT2D eigenvalue weighted by molar-refractivity contribution is 5.42. The summed E-state index contributed by atoms with van der Waals surface area (Å²) in [5, 5.41) is 3.54. The molecule has 2 unspecified atom stereocenters. The predicted octanol–water partition coefficient (Wildman–Crippen LogP) is 1.76. The van der Waals surface area contributed by atoms with Crippen LogP contribution in [-0.4, -0.2) is 30.2 Å². The Bertz CT molecular complexity index is 355. The van der Waals surface area contributed by atoms with Crippen molar-refractivity contribution in [2.24, 2.45) is 0 Å². The molecular weight excluding hydrogens is 198 g/mol. The average molecular weight is 217 g/mol. The van der Waals surface area contributed by atoms with Crippen LogP contribution in [0.25, 0.3) is 0 Å². The van der Waals surface area contributed by atoms with Crippen LogP contribution in [0.15, 0.2) is 18.3 Å². The van der Waals surface area contributed by atoms with E-state index >= 15 is 0 Å². The van der Waals surface area contributed by atoms with E-state index in [1.165, 1.54) is 12.0 Å². The zero-order chi connectivity index (χ0) is 11.1.